The van der Waals surface area contributed by atoms with E-state index in [4.69, 9.17) is 5.11 Å². The van der Waals surface area contributed by atoms with Crippen LogP contribution in [0.4, 0.5) is 13.2 Å². The summed E-state index contributed by atoms with van der Waals surface area (Å²) in [5.41, 5.74) is -3.12. The molecule has 1 aliphatic heterocycles. The van der Waals surface area contributed by atoms with Crippen molar-refractivity contribution in [3.05, 3.63) is 0 Å². The molecule has 2 unspecified atom stereocenters. The minimum absolute atomic E-state index is 0.0232. The molecule has 0 aromatic rings. The van der Waals surface area contributed by atoms with E-state index in [0.29, 0.717) is 13.5 Å². The fraction of sp³-hybridized carbons (Fsp3) is 0.846. The maximum Gasteiger partial charge on any atom is 0.417 e. The monoisotopic (exact) mass is 310 g/mol. The van der Waals surface area contributed by atoms with Crippen LogP contribution in [0.5, 0.6) is 0 Å². The van der Waals surface area contributed by atoms with Gasteiger partial charge in [0, 0.05) is 12.6 Å². The average Bonchev–Trinajstić information content (AvgIpc) is 2.42. The van der Waals surface area contributed by atoms with E-state index in [2.05, 4.69) is 0 Å². The molecule has 0 aromatic heterocycles. The normalized spacial score (nSPS) is 22.7. The Morgan fingerprint density at radius 1 is 1.33 bits per heavy atom. The lowest BCUT2D eigenvalue weighted by atomic mass is 9.99. The summed E-state index contributed by atoms with van der Waals surface area (Å²) in [6.07, 6.45) is -1.60. The smallest absolute Gasteiger partial charge is 0.417 e. The number of hydrogen-bond acceptors (Lipinski definition) is 3. The predicted molar refractivity (Wildman–Crippen MR) is 69.7 cm³/mol. The van der Waals surface area contributed by atoms with E-state index in [9.17, 15) is 22.8 Å². The Kier molecular flexibility index (Phi) is 5.61. The van der Waals surface area contributed by atoms with Crippen molar-refractivity contribution in [3.63, 3.8) is 0 Å². The van der Waals surface area contributed by atoms with Gasteiger partial charge in [-0.1, -0.05) is 6.92 Å². The fourth-order valence-corrected chi connectivity index (χ4v) is 2.40. The number of hydrogen-bond donors (Lipinski definition) is 2. The number of halogens is 3. The topological polar surface area (TPSA) is 69.6 Å². The number of amides is 1. The molecule has 21 heavy (non-hydrogen) atoms. The van der Waals surface area contributed by atoms with Crippen LogP contribution in [0.15, 0.2) is 0 Å². The Balaban J connectivity index is 2.72. The summed E-state index contributed by atoms with van der Waals surface area (Å²) in [6.45, 7) is 2.31. The third-order valence-electron chi connectivity index (χ3n) is 4.01. The van der Waals surface area contributed by atoms with Crippen molar-refractivity contribution >= 4 is 11.9 Å². The molecule has 8 heteroatoms. The van der Waals surface area contributed by atoms with Crippen LogP contribution in [0.25, 0.3) is 0 Å². The highest BCUT2D eigenvalue weighted by Crippen LogP contribution is 2.30. The molecular formula is C13H21F3N2O3. The molecule has 5 nitrogen and oxygen atoms in total. The number of carboxylic acid groups (broad SMARTS) is 1. The van der Waals surface area contributed by atoms with Gasteiger partial charge in [0.05, 0.1) is 6.54 Å². The van der Waals surface area contributed by atoms with Gasteiger partial charge in [-0.15, -0.1) is 0 Å². The van der Waals surface area contributed by atoms with Gasteiger partial charge in [-0.3, -0.25) is 10.1 Å². The summed E-state index contributed by atoms with van der Waals surface area (Å²) in [5, 5.41) is 10.6. The quantitative estimate of drug-likeness (QED) is 0.812. The molecule has 1 saturated heterocycles. The predicted octanol–water partition coefficient (Wildman–Crippen LogP) is 1.77. The number of likely N-dealkylation sites (tertiary alicyclic amines) is 1. The fourth-order valence-electron chi connectivity index (χ4n) is 2.40. The van der Waals surface area contributed by atoms with E-state index in [1.54, 1.807) is 4.90 Å². The lowest BCUT2D eigenvalue weighted by Gasteiger charge is -2.36. The van der Waals surface area contributed by atoms with E-state index in [-0.39, 0.29) is 6.04 Å². The van der Waals surface area contributed by atoms with E-state index < -0.39 is 30.1 Å². The van der Waals surface area contributed by atoms with E-state index in [1.165, 1.54) is 0 Å². The Morgan fingerprint density at radius 3 is 2.43 bits per heavy atom. The Labute approximate surface area is 121 Å². The van der Waals surface area contributed by atoms with Crippen LogP contribution >= 0.6 is 0 Å². The van der Waals surface area contributed by atoms with Gasteiger partial charge in [-0.2, -0.15) is 13.2 Å². The molecule has 0 radical (unpaired) electrons. The highest BCUT2D eigenvalue weighted by molar-refractivity contribution is 5.83. The summed E-state index contributed by atoms with van der Waals surface area (Å²) in [7, 11) is 0. The second kappa shape index (κ2) is 6.64. The number of carbonyl (C=O) groups excluding carboxylic acids is 1. The molecule has 0 bridgehead atoms. The number of alkyl halides is 3. The van der Waals surface area contributed by atoms with Gasteiger partial charge in [-0.05, 0) is 32.6 Å². The Morgan fingerprint density at radius 2 is 1.95 bits per heavy atom. The molecule has 1 heterocycles. The third-order valence-corrected chi connectivity index (χ3v) is 4.01. The zero-order chi connectivity index (χ0) is 16.3. The first-order valence-corrected chi connectivity index (χ1v) is 6.98. The zero-order valence-electron chi connectivity index (χ0n) is 12.2. The average molecular weight is 310 g/mol. The highest BCUT2D eigenvalue weighted by atomic mass is 19.4. The van der Waals surface area contributed by atoms with Gasteiger partial charge >= 0.3 is 12.1 Å². The molecule has 2 atom stereocenters. The molecule has 1 rings (SSSR count). The van der Waals surface area contributed by atoms with Crippen molar-refractivity contribution < 1.29 is 27.9 Å². The molecule has 0 aromatic carbocycles. The van der Waals surface area contributed by atoms with Crippen LogP contribution in [0.3, 0.4) is 0 Å². The van der Waals surface area contributed by atoms with Crippen LogP contribution in [-0.4, -0.2) is 52.7 Å². The highest BCUT2D eigenvalue weighted by Gasteiger charge is 2.57. The van der Waals surface area contributed by atoms with Crippen molar-refractivity contribution in [1.82, 2.24) is 10.2 Å². The molecule has 0 aliphatic carbocycles. The molecule has 1 aliphatic rings. The minimum Gasteiger partial charge on any atom is -0.480 e. The third kappa shape index (κ3) is 3.87. The van der Waals surface area contributed by atoms with Crippen molar-refractivity contribution in [3.8, 4) is 0 Å². The van der Waals surface area contributed by atoms with Crippen LogP contribution in [0.1, 0.15) is 39.5 Å². The maximum absolute atomic E-state index is 12.8. The number of carboxylic acids is 1. The number of nitrogens with one attached hydrogen (secondary N) is 1. The molecular weight excluding hydrogens is 289 g/mol. The second-order valence-corrected chi connectivity index (χ2v) is 5.43. The summed E-state index contributed by atoms with van der Waals surface area (Å²) in [4.78, 5) is 24.5. The first-order chi connectivity index (χ1) is 9.63. The van der Waals surface area contributed by atoms with E-state index >= 15 is 0 Å². The van der Waals surface area contributed by atoms with Crippen molar-refractivity contribution in [2.24, 2.45) is 0 Å². The largest absolute Gasteiger partial charge is 0.480 e. The Bertz CT molecular complexity index is 401. The van der Waals surface area contributed by atoms with Gasteiger partial charge in [-0.25, -0.2) is 4.79 Å². The molecule has 0 spiro atoms. The Hall–Kier alpha value is -1.31. The number of nitrogens with zero attached hydrogens (tertiary/aromatic N) is 1. The molecule has 0 saturated carbocycles. The summed E-state index contributed by atoms with van der Waals surface area (Å²) >= 11 is 0. The minimum atomic E-state index is -4.98. The molecule has 2 N–H and O–H groups in total. The van der Waals surface area contributed by atoms with Crippen LogP contribution < -0.4 is 5.32 Å². The van der Waals surface area contributed by atoms with Gasteiger partial charge in [0.15, 0.2) is 0 Å². The summed E-state index contributed by atoms with van der Waals surface area (Å²) < 4.78 is 38.5. The van der Waals surface area contributed by atoms with Crippen LogP contribution in [-0.2, 0) is 9.59 Å². The summed E-state index contributed by atoms with van der Waals surface area (Å²) in [6, 6.07) is 0.0232. The van der Waals surface area contributed by atoms with E-state index in [1.807, 2.05) is 12.2 Å². The number of piperidine rings is 1. The molecule has 122 valence electrons. The zero-order valence-corrected chi connectivity index (χ0v) is 12.2. The number of carbonyl (C=O) groups is 2. The SMILES string of the molecule is CCC1CCCCN1C(=O)CNC(C)(C(=O)O)C(F)(F)F. The number of rotatable bonds is 5. The molecule has 1 fully saturated rings. The lowest BCUT2D eigenvalue weighted by molar-refractivity contribution is -0.205. The first-order valence-electron chi connectivity index (χ1n) is 6.98. The van der Waals surface area contributed by atoms with Crippen LogP contribution in [0, 0.1) is 0 Å². The van der Waals surface area contributed by atoms with Crippen molar-refractivity contribution in [2.45, 2.75) is 57.3 Å². The number of aliphatic carboxylic acids is 1. The van der Waals surface area contributed by atoms with Gasteiger partial charge in [0.2, 0.25) is 11.4 Å². The molecule has 1 amide bonds. The first kappa shape index (κ1) is 17.7. The van der Waals surface area contributed by atoms with Crippen LogP contribution in [0.2, 0.25) is 0 Å². The standard InChI is InChI=1S/C13H21F3N2O3/c1-3-9-6-4-5-7-18(9)10(19)8-17-12(2,11(20)21)13(14,15)16/h9,17H,3-8H2,1-2H3,(H,20,21). The van der Waals surface area contributed by atoms with Gasteiger partial charge in [0.25, 0.3) is 0 Å². The lowest BCUT2D eigenvalue weighted by Crippen LogP contribution is -2.62. The van der Waals surface area contributed by atoms with Gasteiger partial charge < -0.3 is 10.0 Å². The van der Waals surface area contributed by atoms with Gasteiger partial charge in [0.1, 0.15) is 0 Å². The van der Waals surface area contributed by atoms with Crippen molar-refractivity contribution in [1.29, 1.82) is 0 Å². The summed E-state index contributed by atoms with van der Waals surface area (Å²) in [5.74, 6) is -2.54. The van der Waals surface area contributed by atoms with Crippen molar-refractivity contribution in [2.75, 3.05) is 13.1 Å². The van der Waals surface area contributed by atoms with E-state index in [0.717, 1.165) is 25.7 Å². The second-order valence-electron chi connectivity index (χ2n) is 5.43. The maximum atomic E-state index is 12.8.